The Kier molecular flexibility index (Phi) is 3.99. The first kappa shape index (κ1) is 18.1. The van der Waals surface area contributed by atoms with E-state index in [0.29, 0.717) is 23.9 Å². The third-order valence-electron chi connectivity index (χ3n) is 4.86. The minimum atomic E-state index is -4.82. The van der Waals surface area contributed by atoms with E-state index >= 15 is 0 Å². The second-order valence-electron chi connectivity index (χ2n) is 6.60. The molecule has 1 aliphatic rings. The molecule has 0 amide bonds. The second kappa shape index (κ2) is 6.15. The minimum absolute atomic E-state index is 0.238. The number of rotatable bonds is 4. The summed E-state index contributed by atoms with van der Waals surface area (Å²) in [5, 5.41) is 0. The Hall–Kier alpha value is -3.23. The van der Waals surface area contributed by atoms with Gasteiger partial charge in [-0.25, -0.2) is 9.59 Å². The number of carbonyl (C=O) groups excluding carboxylic acids is 1. The number of nitrogens with zero attached hydrogens (tertiary/aromatic N) is 1. The molecule has 0 saturated heterocycles. The maximum absolute atomic E-state index is 12.6. The van der Waals surface area contributed by atoms with Crippen LogP contribution in [0, 0.1) is 0 Å². The highest BCUT2D eigenvalue weighted by molar-refractivity contribution is 5.89. The zero-order valence-electron chi connectivity index (χ0n) is 14.7. The van der Waals surface area contributed by atoms with E-state index in [4.69, 9.17) is 4.74 Å². The van der Waals surface area contributed by atoms with E-state index in [2.05, 4.69) is 9.72 Å². The summed E-state index contributed by atoms with van der Waals surface area (Å²) >= 11 is 0. The molecule has 146 valence electrons. The van der Waals surface area contributed by atoms with Crippen molar-refractivity contribution in [2.24, 2.45) is 0 Å². The zero-order chi connectivity index (χ0) is 20.1. The number of carbonyl (C=O) groups is 1. The molecule has 1 heterocycles. The van der Waals surface area contributed by atoms with E-state index < -0.39 is 29.3 Å². The zero-order valence-corrected chi connectivity index (χ0v) is 14.7. The Morgan fingerprint density at radius 1 is 1.18 bits per heavy atom. The molecule has 2 aromatic carbocycles. The lowest BCUT2D eigenvalue weighted by Gasteiger charge is -2.19. The Bertz CT molecular complexity index is 1130. The summed E-state index contributed by atoms with van der Waals surface area (Å²) in [6.07, 6.45) is -3.50. The third-order valence-corrected chi connectivity index (χ3v) is 4.86. The Morgan fingerprint density at radius 2 is 1.93 bits per heavy atom. The molecule has 0 bridgehead atoms. The van der Waals surface area contributed by atoms with E-state index in [0.717, 1.165) is 11.6 Å². The molecule has 3 aromatic rings. The molecule has 9 heteroatoms. The number of esters is 1. The van der Waals surface area contributed by atoms with E-state index in [9.17, 15) is 22.8 Å². The SMILES string of the molecule is COC(=O)c1cccc(C2(n3c(=O)[nH]c4cc(OC(F)(F)F)ccc43)CC2)c1. The summed E-state index contributed by atoms with van der Waals surface area (Å²) in [7, 11) is 1.28. The van der Waals surface area contributed by atoms with Gasteiger partial charge in [0, 0.05) is 6.07 Å². The van der Waals surface area contributed by atoms with Crippen molar-refractivity contribution < 1.29 is 27.4 Å². The summed E-state index contributed by atoms with van der Waals surface area (Å²) in [5.74, 6) is -0.899. The molecule has 1 fully saturated rings. The van der Waals surface area contributed by atoms with E-state index in [1.165, 1.54) is 23.8 Å². The number of hydrogen-bond donors (Lipinski definition) is 1. The molecular formula is C19H15F3N2O4. The number of aromatic amines is 1. The second-order valence-corrected chi connectivity index (χ2v) is 6.60. The van der Waals surface area contributed by atoms with Crippen LogP contribution in [0.5, 0.6) is 5.75 Å². The standard InChI is InChI=1S/C19H15F3N2O4/c1-27-16(25)11-3-2-4-12(9-11)18(7-8-18)24-15-6-5-13(28-19(20,21)22)10-14(15)23-17(24)26/h2-6,9-10H,7-8H2,1H3,(H,23,26). The number of benzene rings is 2. The number of hydrogen-bond acceptors (Lipinski definition) is 4. The van der Waals surface area contributed by atoms with Gasteiger partial charge in [-0.2, -0.15) is 0 Å². The smallest absolute Gasteiger partial charge is 0.465 e. The van der Waals surface area contributed by atoms with Crippen LogP contribution in [0.3, 0.4) is 0 Å². The molecule has 0 unspecified atom stereocenters. The van der Waals surface area contributed by atoms with Gasteiger partial charge in [0.2, 0.25) is 0 Å². The Balaban J connectivity index is 1.80. The van der Waals surface area contributed by atoms with E-state index in [1.807, 2.05) is 6.07 Å². The van der Waals surface area contributed by atoms with Crippen LogP contribution in [-0.4, -0.2) is 29.0 Å². The Labute approximate surface area is 156 Å². The highest BCUT2D eigenvalue weighted by atomic mass is 19.4. The highest BCUT2D eigenvalue weighted by Gasteiger charge is 2.48. The van der Waals surface area contributed by atoms with Gasteiger partial charge >= 0.3 is 18.0 Å². The molecule has 1 saturated carbocycles. The first-order valence-corrected chi connectivity index (χ1v) is 8.43. The average molecular weight is 392 g/mol. The summed E-state index contributed by atoms with van der Waals surface area (Å²) in [6, 6.07) is 10.5. The first-order chi connectivity index (χ1) is 13.2. The van der Waals surface area contributed by atoms with Gasteiger partial charge in [0.05, 0.1) is 29.2 Å². The third kappa shape index (κ3) is 3.02. The number of ether oxygens (including phenoxy) is 2. The molecule has 1 aromatic heterocycles. The monoisotopic (exact) mass is 392 g/mol. The van der Waals surface area contributed by atoms with Crippen molar-refractivity contribution in [3.8, 4) is 5.75 Å². The first-order valence-electron chi connectivity index (χ1n) is 8.43. The topological polar surface area (TPSA) is 73.3 Å². The maximum Gasteiger partial charge on any atom is 0.573 e. The van der Waals surface area contributed by atoms with Crippen molar-refractivity contribution in [2.75, 3.05) is 7.11 Å². The van der Waals surface area contributed by atoms with E-state index in [1.54, 1.807) is 18.2 Å². The number of halogens is 3. The number of methoxy groups -OCH3 is 1. The average Bonchev–Trinajstić information content (AvgIpc) is 3.37. The molecule has 0 atom stereocenters. The molecule has 1 aliphatic carbocycles. The van der Waals surface area contributed by atoms with Crippen molar-refractivity contribution in [3.63, 3.8) is 0 Å². The van der Waals surface area contributed by atoms with Crippen molar-refractivity contribution in [2.45, 2.75) is 24.7 Å². The molecular weight excluding hydrogens is 377 g/mol. The van der Waals surface area contributed by atoms with Crippen LogP contribution in [0.2, 0.25) is 0 Å². The summed E-state index contributed by atoms with van der Waals surface area (Å²) in [5.41, 5.74) is 0.711. The quantitative estimate of drug-likeness (QED) is 0.690. The predicted octanol–water partition coefficient (Wildman–Crippen LogP) is 3.55. The molecule has 1 N–H and O–H groups in total. The molecule has 6 nitrogen and oxygen atoms in total. The van der Waals surface area contributed by atoms with Crippen molar-refractivity contribution >= 4 is 17.0 Å². The fraction of sp³-hybridized carbons (Fsp3) is 0.263. The maximum atomic E-state index is 12.6. The number of nitrogens with one attached hydrogen (secondary N) is 1. The molecule has 0 spiro atoms. The summed E-state index contributed by atoms with van der Waals surface area (Å²) in [6.45, 7) is 0. The highest BCUT2D eigenvalue weighted by Crippen LogP contribution is 2.50. The summed E-state index contributed by atoms with van der Waals surface area (Å²) in [4.78, 5) is 27.0. The van der Waals surface area contributed by atoms with Crippen molar-refractivity contribution in [3.05, 3.63) is 64.1 Å². The molecule has 0 radical (unpaired) electrons. The Morgan fingerprint density at radius 3 is 2.57 bits per heavy atom. The van der Waals surface area contributed by atoms with Gasteiger partial charge in [-0.15, -0.1) is 13.2 Å². The number of imidazole rings is 1. The van der Waals surface area contributed by atoms with Crippen LogP contribution in [0.4, 0.5) is 13.2 Å². The lowest BCUT2D eigenvalue weighted by Crippen LogP contribution is -2.29. The van der Waals surface area contributed by atoms with Crippen LogP contribution in [0.15, 0.2) is 47.3 Å². The van der Waals surface area contributed by atoms with Gasteiger partial charge < -0.3 is 14.5 Å². The number of aromatic nitrogens is 2. The predicted molar refractivity (Wildman–Crippen MR) is 93.3 cm³/mol. The van der Waals surface area contributed by atoms with Gasteiger partial charge in [-0.3, -0.25) is 4.57 Å². The van der Waals surface area contributed by atoms with Crippen LogP contribution in [0.25, 0.3) is 11.0 Å². The van der Waals surface area contributed by atoms with Crippen molar-refractivity contribution in [1.82, 2.24) is 9.55 Å². The number of alkyl halides is 3. The fourth-order valence-corrected chi connectivity index (χ4v) is 3.53. The van der Waals surface area contributed by atoms with Gasteiger partial charge in [0.15, 0.2) is 0 Å². The molecule has 0 aliphatic heterocycles. The van der Waals surface area contributed by atoms with Crippen LogP contribution in [-0.2, 0) is 10.3 Å². The van der Waals surface area contributed by atoms with Crippen LogP contribution >= 0.6 is 0 Å². The molecule has 28 heavy (non-hydrogen) atoms. The fourth-order valence-electron chi connectivity index (χ4n) is 3.53. The van der Waals surface area contributed by atoms with Gasteiger partial charge in [-0.1, -0.05) is 12.1 Å². The van der Waals surface area contributed by atoms with Crippen LogP contribution in [0.1, 0.15) is 28.8 Å². The summed E-state index contributed by atoms with van der Waals surface area (Å²) < 4.78 is 47.5. The minimum Gasteiger partial charge on any atom is -0.465 e. The van der Waals surface area contributed by atoms with Gasteiger partial charge in [0.1, 0.15) is 5.75 Å². The normalized spacial score (nSPS) is 15.4. The number of fused-ring (bicyclic) bond motifs is 1. The largest absolute Gasteiger partial charge is 0.573 e. The molecule has 4 rings (SSSR count). The van der Waals surface area contributed by atoms with Crippen molar-refractivity contribution in [1.29, 1.82) is 0 Å². The van der Waals surface area contributed by atoms with E-state index in [-0.39, 0.29) is 5.52 Å². The van der Waals surface area contributed by atoms with Gasteiger partial charge in [-0.05, 0) is 42.7 Å². The lowest BCUT2D eigenvalue weighted by molar-refractivity contribution is -0.274. The van der Waals surface area contributed by atoms with Gasteiger partial charge in [0.25, 0.3) is 0 Å². The van der Waals surface area contributed by atoms with Crippen LogP contribution < -0.4 is 10.4 Å². The lowest BCUT2D eigenvalue weighted by atomic mass is 10.0. The number of H-pyrrole nitrogens is 1.